The molecule has 8 heteroatoms. The highest BCUT2D eigenvalue weighted by molar-refractivity contribution is 7.89. The van der Waals surface area contributed by atoms with Gasteiger partial charge in [-0.2, -0.15) is 0 Å². The van der Waals surface area contributed by atoms with E-state index >= 15 is 0 Å². The van der Waals surface area contributed by atoms with Gasteiger partial charge in [0.05, 0.1) is 9.82 Å². The first-order valence-corrected chi connectivity index (χ1v) is 8.85. The Labute approximate surface area is 130 Å². The summed E-state index contributed by atoms with van der Waals surface area (Å²) >= 11 is 0. The molecule has 1 aliphatic rings. The number of rotatable bonds is 5. The summed E-state index contributed by atoms with van der Waals surface area (Å²) in [5.41, 5.74) is 0.372. The largest absolute Gasteiger partial charge is 0.314 e. The zero-order valence-electron chi connectivity index (χ0n) is 12.7. The molecule has 1 aromatic rings. The smallest absolute Gasteiger partial charge is 0.270 e. The number of nitro benzene ring substituents is 1. The predicted molar refractivity (Wildman–Crippen MR) is 83.3 cm³/mol. The van der Waals surface area contributed by atoms with E-state index in [0.29, 0.717) is 24.8 Å². The van der Waals surface area contributed by atoms with Crippen LogP contribution in [-0.2, 0) is 16.4 Å². The maximum absolute atomic E-state index is 12.6. The van der Waals surface area contributed by atoms with Crippen molar-refractivity contribution in [2.75, 3.05) is 6.54 Å². The number of non-ortho nitro benzene ring substituents is 1. The van der Waals surface area contributed by atoms with E-state index in [2.05, 4.69) is 10.0 Å². The van der Waals surface area contributed by atoms with Gasteiger partial charge in [-0.15, -0.1) is 0 Å². The average molecular weight is 327 g/mol. The van der Waals surface area contributed by atoms with Crippen molar-refractivity contribution in [2.24, 2.45) is 0 Å². The van der Waals surface area contributed by atoms with Gasteiger partial charge in [0.25, 0.3) is 5.69 Å². The second-order valence-electron chi connectivity index (χ2n) is 5.60. The van der Waals surface area contributed by atoms with Crippen LogP contribution in [0.15, 0.2) is 23.1 Å². The summed E-state index contributed by atoms with van der Waals surface area (Å²) in [5, 5.41) is 14.2. The third-order valence-corrected chi connectivity index (χ3v) is 5.48. The highest BCUT2D eigenvalue weighted by Gasteiger charge is 2.27. The Morgan fingerprint density at radius 2 is 2.18 bits per heavy atom. The lowest BCUT2D eigenvalue weighted by molar-refractivity contribution is -0.385. The number of nitro groups is 1. The molecule has 1 aromatic carbocycles. The number of hydrogen-bond acceptors (Lipinski definition) is 5. The van der Waals surface area contributed by atoms with Crippen molar-refractivity contribution in [3.05, 3.63) is 33.9 Å². The molecule has 0 aromatic heterocycles. The Kier molecular flexibility index (Phi) is 5.15. The molecule has 7 nitrogen and oxygen atoms in total. The molecule has 0 aliphatic carbocycles. The molecule has 0 bridgehead atoms. The standard InChI is InChI=1S/C14H21N3O4S/c1-3-11-4-5-13(17(18)19)9-14(11)22(20,21)16-12-6-7-15-10(2)8-12/h4-5,9-10,12,15-16H,3,6-8H2,1-2H3. The van der Waals surface area contributed by atoms with Gasteiger partial charge in [0, 0.05) is 24.2 Å². The van der Waals surface area contributed by atoms with Crippen LogP contribution in [0.2, 0.25) is 0 Å². The first-order chi connectivity index (χ1) is 10.3. The Morgan fingerprint density at radius 3 is 2.77 bits per heavy atom. The summed E-state index contributed by atoms with van der Waals surface area (Å²) < 4.78 is 27.9. The molecule has 0 saturated carbocycles. The average Bonchev–Trinajstić information content (AvgIpc) is 2.46. The molecule has 2 N–H and O–H groups in total. The third-order valence-electron chi connectivity index (χ3n) is 3.88. The molecule has 1 saturated heterocycles. The molecule has 2 atom stereocenters. The molecule has 0 radical (unpaired) electrons. The number of benzene rings is 1. The number of sulfonamides is 1. The normalized spacial score (nSPS) is 22.5. The fraction of sp³-hybridized carbons (Fsp3) is 0.571. The topological polar surface area (TPSA) is 101 Å². The molecule has 0 amide bonds. The minimum atomic E-state index is -3.76. The molecule has 1 aliphatic heterocycles. The van der Waals surface area contributed by atoms with E-state index < -0.39 is 14.9 Å². The Morgan fingerprint density at radius 1 is 1.45 bits per heavy atom. The highest BCUT2D eigenvalue weighted by atomic mass is 32.2. The predicted octanol–water partition coefficient (Wildman–Crippen LogP) is 1.58. The van der Waals surface area contributed by atoms with E-state index in [4.69, 9.17) is 0 Å². The van der Waals surface area contributed by atoms with E-state index in [1.807, 2.05) is 13.8 Å². The van der Waals surface area contributed by atoms with Gasteiger partial charge in [0.2, 0.25) is 10.0 Å². The van der Waals surface area contributed by atoms with Gasteiger partial charge in [-0.05, 0) is 38.3 Å². The fourth-order valence-electron chi connectivity index (χ4n) is 2.72. The molecule has 2 unspecified atom stereocenters. The molecule has 122 valence electrons. The molecular formula is C14H21N3O4S. The third kappa shape index (κ3) is 3.82. The quantitative estimate of drug-likeness (QED) is 0.631. The maximum atomic E-state index is 12.6. The number of aryl methyl sites for hydroxylation is 1. The summed E-state index contributed by atoms with van der Waals surface area (Å²) in [5.74, 6) is 0. The number of nitrogens with one attached hydrogen (secondary N) is 2. The number of piperidine rings is 1. The first-order valence-electron chi connectivity index (χ1n) is 7.36. The number of nitrogens with zero attached hydrogens (tertiary/aromatic N) is 1. The van der Waals surface area contributed by atoms with Gasteiger partial charge in [0.15, 0.2) is 0 Å². The van der Waals surface area contributed by atoms with E-state index in [-0.39, 0.29) is 22.7 Å². The highest BCUT2D eigenvalue weighted by Crippen LogP contribution is 2.24. The van der Waals surface area contributed by atoms with Gasteiger partial charge >= 0.3 is 0 Å². The second kappa shape index (κ2) is 6.72. The number of hydrogen-bond donors (Lipinski definition) is 2. The summed E-state index contributed by atoms with van der Waals surface area (Å²) in [7, 11) is -3.76. The summed E-state index contributed by atoms with van der Waals surface area (Å²) in [6.45, 7) is 4.59. The van der Waals surface area contributed by atoms with E-state index in [1.165, 1.54) is 12.1 Å². The van der Waals surface area contributed by atoms with Crippen LogP contribution >= 0.6 is 0 Å². The van der Waals surface area contributed by atoms with E-state index in [1.54, 1.807) is 0 Å². The van der Waals surface area contributed by atoms with Crippen LogP contribution < -0.4 is 10.0 Å². The molecule has 2 rings (SSSR count). The van der Waals surface area contributed by atoms with Gasteiger partial charge < -0.3 is 5.32 Å². The summed E-state index contributed by atoms with van der Waals surface area (Å²) in [6.07, 6.45) is 1.91. The molecule has 1 heterocycles. The van der Waals surface area contributed by atoms with Crippen LogP contribution in [0.1, 0.15) is 32.3 Å². The minimum absolute atomic E-state index is 0.00962. The van der Waals surface area contributed by atoms with Crippen molar-refractivity contribution in [3.8, 4) is 0 Å². The van der Waals surface area contributed by atoms with Crippen LogP contribution in [0.5, 0.6) is 0 Å². The Hall–Kier alpha value is -1.51. The van der Waals surface area contributed by atoms with Gasteiger partial charge in [-0.3, -0.25) is 10.1 Å². The lowest BCUT2D eigenvalue weighted by atomic mass is 10.0. The monoisotopic (exact) mass is 327 g/mol. The van der Waals surface area contributed by atoms with Crippen LogP contribution in [-0.4, -0.2) is 32.0 Å². The SMILES string of the molecule is CCc1ccc([N+](=O)[O-])cc1S(=O)(=O)NC1CCNC(C)C1. The second-order valence-corrected chi connectivity index (χ2v) is 7.28. The van der Waals surface area contributed by atoms with Crippen molar-refractivity contribution >= 4 is 15.7 Å². The van der Waals surface area contributed by atoms with Crippen molar-refractivity contribution in [3.63, 3.8) is 0 Å². The lowest BCUT2D eigenvalue weighted by Crippen LogP contribution is -2.46. The van der Waals surface area contributed by atoms with Crippen LogP contribution in [0, 0.1) is 10.1 Å². The summed E-state index contributed by atoms with van der Waals surface area (Å²) in [4.78, 5) is 10.3. The fourth-order valence-corrected chi connectivity index (χ4v) is 4.33. The van der Waals surface area contributed by atoms with E-state index in [0.717, 1.165) is 12.6 Å². The molecule has 22 heavy (non-hydrogen) atoms. The Balaban J connectivity index is 2.31. The van der Waals surface area contributed by atoms with Crippen molar-refractivity contribution < 1.29 is 13.3 Å². The maximum Gasteiger partial charge on any atom is 0.270 e. The van der Waals surface area contributed by atoms with Gasteiger partial charge in [0.1, 0.15) is 0 Å². The van der Waals surface area contributed by atoms with Crippen LogP contribution in [0.4, 0.5) is 5.69 Å². The lowest BCUT2D eigenvalue weighted by Gasteiger charge is -2.28. The zero-order valence-corrected chi connectivity index (χ0v) is 13.5. The molecular weight excluding hydrogens is 306 g/mol. The molecule has 1 fully saturated rings. The van der Waals surface area contributed by atoms with E-state index in [9.17, 15) is 18.5 Å². The van der Waals surface area contributed by atoms with Crippen molar-refractivity contribution in [2.45, 2.75) is 50.1 Å². The van der Waals surface area contributed by atoms with Crippen molar-refractivity contribution in [1.29, 1.82) is 0 Å². The van der Waals surface area contributed by atoms with Gasteiger partial charge in [-0.25, -0.2) is 13.1 Å². The zero-order chi connectivity index (χ0) is 16.3. The Bertz CT molecular complexity index is 660. The molecule has 0 spiro atoms. The van der Waals surface area contributed by atoms with Crippen LogP contribution in [0.25, 0.3) is 0 Å². The van der Waals surface area contributed by atoms with Crippen molar-refractivity contribution in [1.82, 2.24) is 10.0 Å². The summed E-state index contributed by atoms with van der Waals surface area (Å²) in [6, 6.07) is 4.09. The first kappa shape index (κ1) is 16.9. The minimum Gasteiger partial charge on any atom is -0.314 e. The van der Waals surface area contributed by atoms with Gasteiger partial charge in [-0.1, -0.05) is 13.0 Å². The van der Waals surface area contributed by atoms with Crippen LogP contribution in [0.3, 0.4) is 0 Å².